The Balaban J connectivity index is 1.71. The standard InChI is InChI=1S/C14H13ClF3N5S/c1-22-7-9(6-19-22)3-2-4-24-13-21-20-12-11(15)5-10(8-23(12)13)14(16,17)18/h5-8H,2-4H2,1H3. The molecular formula is C14H13ClF3N5S. The van der Waals surface area contributed by atoms with Crippen LogP contribution in [0.3, 0.4) is 0 Å². The lowest BCUT2D eigenvalue weighted by Gasteiger charge is -2.08. The molecule has 0 aromatic carbocycles. The first kappa shape index (κ1) is 17.1. The second-order valence-electron chi connectivity index (χ2n) is 5.22. The van der Waals surface area contributed by atoms with Crippen LogP contribution >= 0.6 is 23.4 Å². The maximum atomic E-state index is 12.9. The van der Waals surface area contributed by atoms with E-state index >= 15 is 0 Å². The number of rotatable bonds is 5. The number of aryl methyl sites for hydroxylation is 2. The number of alkyl halides is 3. The van der Waals surface area contributed by atoms with E-state index in [1.165, 1.54) is 16.2 Å². The first-order valence-corrected chi connectivity index (χ1v) is 8.43. The first-order valence-electron chi connectivity index (χ1n) is 7.06. The van der Waals surface area contributed by atoms with Gasteiger partial charge in [0.25, 0.3) is 0 Å². The van der Waals surface area contributed by atoms with Gasteiger partial charge in [0.1, 0.15) is 0 Å². The molecule has 0 amide bonds. The van der Waals surface area contributed by atoms with Crippen molar-refractivity contribution in [1.29, 1.82) is 0 Å². The van der Waals surface area contributed by atoms with Crippen molar-refractivity contribution in [2.75, 3.05) is 5.75 Å². The average Bonchev–Trinajstić information content (AvgIpc) is 3.09. The molecule has 0 N–H and O–H groups in total. The molecule has 0 unspecified atom stereocenters. The molecule has 0 aliphatic rings. The van der Waals surface area contributed by atoms with Crippen LogP contribution < -0.4 is 0 Å². The summed E-state index contributed by atoms with van der Waals surface area (Å²) in [6, 6.07) is 0.864. The lowest BCUT2D eigenvalue weighted by molar-refractivity contribution is -0.137. The second kappa shape index (κ2) is 6.64. The summed E-state index contributed by atoms with van der Waals surface area (Å²) in [5.41, 5.74) is 0.517. The molecule has 0 fully saturated rings. The Kier molecular flexibility index (Phi) is 4.73. The zero-order valence-electron chi connectivity index (χ0n) is 12.6. The molecule has 0 aliphatic heterocycles. The second-order valence-corrected chi connectivity index (χ2v) is 6.69. The van der Waals surface area contributed by atoms with Crippen molar-refractivity contribution in [3.63, 3.8) is 0 Å². The minimum atomic E-state index is -4.47. The van der Waals surface area contributed by atoms with Crippen molar-refractivity contribution in [1.82, 2.24) is 24.4 Å². The third kappa shape index (κ3) is 3.67. The normalized spacial score (nSPS) is 12.2. The van der Waals surface area contributed by atoms with Crippen LogP contribution in [0, 0.1) is 0 Å². The van der Waals surface area contributed by atoms with E-state index < -0.39 is 11.7 Å². The summed E-state index contributed by atoms with van der Waals surface area (Å²) < 4.78 is 41.7. The van der Waals surface area contributed by atoms with Gasteiger partial charge >= 0.3 is 6.18 Å². The third-order valence-electron chi connectivity index (χ3n) is 3.36. The predicted molar refractivity (Wildman–Crippen MR) is 85.3 cm³/mol. The maximum Gasteiger partial charge on any atom is 0.417 e. The Morgan fingerprint density at radius 1 is 1.25 bits per heavy atom. The minimum Gasteiger partial charge on any atom is -0.276 e. The van der Waals surface area contributed by atoms with Crippen molar-refractivity contribution in [2.45, 2.75) is 24.2 Å². The summed E-state index contributed by atoms with van der Waals surface area (Å²) >= 11 is 7.23. The molecule has 0 bridgehead atoms. The van der Waals surface area contributed by atoms with Gasteiger partial charge in [0.2, 0.25) is 0 Å². The summed E-state index contributed by atoms with van der Waals surface area (Å²) in [4.78, 5) is 0. The van der Waals surface area contributed by atoms with E-state index in [1.807, 2.05) is 13.2 Å². The zero-order chi connectivity index (χ0) is 17.3. The molecule has 5 nitrogen and oxygen atoms in total. The largest absolute Gasteiger partial charge is 0.417 e. The number of thioether (sulfide) groups is 1. The van der Waals surface area contributed by atoms with Crippen LogP contribution in [0.1, 0.15) is 17.5 Å². The number of pyridine rings is 1. The molecule has 24 heavy (non-hydrogen) atoms. The first-order chi connectivity index (χ1) is 11.3. The van der Waals surface area contributed by atoms with Gasteiger partial charge in [-0.2, -0.15) is 18.3 Å². The van der Waals surface area contributed by atoms with Crippen molar-refractivity contribution in [3.05, 3.63) is 40.8 Å². The fourth-order valence-electron chi connectivity index (χ4n) is 2.23. The Hall–Kier alpha value is -1.74. The van der Waals surface area contributed by atoms with Crippen molar-refractivity contribution in [2.24, 2.45) is 7.05 Å². The topological polar surface area (TPSA) is 48.0 Å². The van der Waals surface area contributed by atoms with E-state index in [-0.39, 0.29) is 10.7 Å². The van der Waals surface area contributed by atoms with E-state index in [9.17, 15) is 13.2 Å². The SMILES string of the molecule is Cn1cc(CCCSc2nnc3c(Cl)cc(C(F)(F)F)cn23)cn1. The number of aromatic nitrogens is 5. The predicted octanol–water partition coefficient (Wildman–Crippen LogP) is 3.86. The van der Waals surface area contributed by atoms with E-state index in [0.717, 1.165) is 30.7 Å². The third-order valence-corrected chi connectivity index (χ3v) is 4.66. The Morgan fingerprint density at radius 2 is 2.04 bits per heavy atom. The Labute approximate surface area is 144 Å². The monoisotopic (exact) mass is 375 g/mol. The van der Waals surface area contributed by atoms with Crippen LogP contribution in [0.2, 0.25) is 5.02 Å². The maximum absolute atomic E-state index is 12.9. The van der Waals surface area contributed by atoms with Crippen LogP contribution in [-0.2, 0) is 19.6 Å². The number of hydrogen-bond acceptors (Lipinski definition) is 4. The fraction of sp³-hybridized carbons (Fsp3) is 0.357. The summed E-state index contributed by atoms with van der Waals surface area (Å²) in [5.74, 6) is 0.698. The molecule has 3 heterocycles. The molecule has 3 rings (SSSR count). The molecule has 0 radical (unpaired) electrons. The van der Waals surface area contributed by atoms with Crippen LogP contribution in [0.5, 0.6) is 0 Å². The summed E-state index contributed by atoms with van der Waals surface area (Å²) in [5, 5.41) is 12.2. The summed E-state index contributed by atoms with van der Waals surface area (Å²) in [6.07, 6.45) is 1.93. The van der Waals surface area contributed by atoms with E-state index in [0.29, 0.717) is 10.9 Å². The lowest BCUT2D eigenvalue weighted by Crippen LogP contribution is -2.07. The molecule has 3 aromatic rings. The highest BCUT2D eigenvalue weighted by atomic mass is 35.5. The fourth-order valence-corrected chi connectivity index (χ4v) is 3.32. The van der Waals surface area contributed by atoms with Crippen molar-refractivity contribution in [3.8, 4) is 0 Å². The van der Waals surface area contributed by atoms with Gasteiger partial charge in [-0.1, -0.05) is 23.4 Å². The molecule has 3 aromatic heterocycles. The van der Waals surface area contributed by atoms with Crippen molar-refractivity contribution >= 4 is 29.0 Å². The van der Waals surface area contributed by atoms with Gasteiger partial charge in [0, 0.05) is 25.2 Å². The molecule has 0 saturated carbocycles. The van der Waals surface area contributed by atoms with Gasteiger partial charge in [-0.15, -0.1) is 10.2 Å². The van der Waals surface area contributed by atoms with Crippen LogP contribution in [0.15, 0.2) is 29.8 Å². The van der Waals surface area contributed by atoms with Crippen molar-refractivity contribution < 1.29 is 13.2 Å². The van der Waals surface area contributed by atoms with E-state index in [4.69, 9.17) is 11.6 Å². The van der Waals surface area contributed by atoms with Gasteiger partial charge in [0.15, 0.2) is 10.8 Å². The van der Waals surface area contributed by atoms with Crippen LogP contribution in [0.4, 0.5) is 13.2 Å². The number of fused-ring (bicyclic) bond motifs is 1. The highest BCUT2D eigenvalue weighted by molar-refractivity contribution is 7.99. The van der Waals surface area contributed by atoms with Crippen LogP contribution in [0.25, 0.3) is 5.65 Å². The van der Waals surface area contributed by atoms with Gasteiger partial charge in [-0.25, -0.2) is 0 Å². The number of hydrogen-bond donors (Lipinski definition) is 0. The molecule has 128 valence electrons. The van der Waals surface area contributed by atoms with Gasteiger partial charge in [0.05, 0.1) is 16.8 Å². The lowest BCUT2D eigenvalue weighted by atomic mass is 10.2. The highest BCUT2D eigenvalue weighted by Crippen LogP contribution is 2.33. The van der Waals surface area contributed by atoms with Crippen LogP contribution in [-0.4, -0.2) is 30.1 Å². The van der Waals surface area contributed by atoms with Gasteiger partial charge in [-0.3, -0.25) is 9.08 Å². The highest BCUT2D eigenvalue weighted by Gasteiger charge is 2.32. The number of halogens is 4. The molecular weight excluding hydrogens is 363 g/mol. The Bertz CT molecular complexity index is 858. The molecule has 10 heteroatoms. The van der Waals surface area contributed by atoms with E-state index in [1.54, 1.807) is 10.9 Å². The molecule has 0 atom stereocenters. The molecule has 0 spiro atoms. The Morgan fingerprint density at radius 3 is 2.71 bits per heavy atom. The zero-order valence-corrected chi connectivity index (χ0v) is 14.2. The smallest absolute Gasteiger partial charge is 0.276 e. The molecule has 0 aliphatic carbocycles. The quantitative estimate of drug-likeness (QED) is 0.502. The molecule has 0 saturated heterocycles. The minimum absolute atomic E-state index is 0.0699. The average molecular weight is 376 g/mol. The number of nitrogens with zero attached hydrogens (tertiary/aromatic N) is 5. The summed E-state index contributed by atoms with van der Waals surface area (Å²) in [6.45, 7) is 0. The van der Waals surface area contributed by atoms with Gasteiger partial charge in [-0.05, 0) is 24.5 Å². The van der Waals surface area contributed by atoms with E-state index in [2.05, 4.69) is 15.3 Å². The summed E-state index contributed by atoms with van der Waals surface area (Å²) in [7, 11) is 1.85. The van der Waals surface area contributed by atoms with Gasteiger partial charge < -0.3 is 0 Å².